The van der Waals surface area contributed by atoms with Crippen LogP contribution in [0.3, 0.4) is 0 Å². The van der Waals surface area contributed by atoms with E-state index in [0.29, 0.717) is 25.4 Å². The van der Waals surface area contributed by atoms with Crippen molar-refractivity contribution in [2.45, 2.75) is 20.2 Å². The molecule has 0 amide bonds. The third-order valence-corrected chi connectivity index (χ3v) is 5.32. The second kappa shape index (κ2) is 14.0. The Morgan fingerprint density at radius 1 is 1.06 bits per heavy atom. The van der Waals surface area contributed by atoms with Crippen LogP contribution in [0.2, 0.25) is 0 Å². The zero-order chi connectivity index (χ0) is 25.8. The van der Waals surface area contributed by atoms with Crippen molar-refractivity contribution in [3.8, 4) is 11.5 Å². The van der Waals surface area contributed by atoms with Gasteiger partial charge in [0.05, 0.1) is 26.4 Å². The predicted molar refractivity (Wildman–Crippen MR) is 124 cm³/mol. The standard InChI is InChI=1S/C23H27F3O8S/c1-4-19(27)32-8-6-30-10-12-35-11-9-29-5-7-31-18-14-15(2)13-17-16(3)20(34-23(24,25)26)22(28)33-21(17)18/h4,13-14H,1,5-12H2,2-3H3. The van der Waals surface area contributed by atoms with Gasteiger partial charge in [0.2, 0.25) is 5.75 Å². The second-order valence-electron chi connectivity index (χ2n) is 7.09. The summed E-state index contributed by atoms with van der Waals surface area (Å²) in [6, 6.07) is 3.22. The number of carbonyl (C=O) groups excluding carboxylic acids is 1. The first kappa shape index (κ1) is 28.5. The topological polar surface area (TPSA) is 93.4 Å². The van der Waals surface area contributed by atoms with Crippen LogP contribution in [-0.4, -0.2) is 63.5 Å². The van der Waals surface area contributed by atoms with Crippen molar-refractivity contribution in [1.29, 1.82) is 0 Å². The van der Waals surface area contributed by atoms with Gasteiger partial charge in [-0.3, -0.25) is 0 Å². The van der Waals surface area contributed by atoms with Crippen molar-refractivity contribution in [2.75, 3.05) is 51.1 Å². The fourth-order valence-electron chi connectivity index (χ4n) is 2.89. The molecule has 8 nitrogen and oxygen atoms in total. The fraction of sp³-hybridized carbons (Fsp3) is 0.478. The maximum atomic E-state index is 12.6. The molecule has 0 bridgehead atoms. The Kier molecular flexibility index (Phi) is 11.4. The van der Waals surface area contributed by atoms with E-state index in [1.807, 2.05) is 0 Å². The maximum absolute atomic E-state index is 12.6. The summed E-state index contributed by atoms with van der Waals surface area (Å²) in [6.07, 6.45) is -3.92. The van der Waals surface area contributed by atoms with Crippen LogP contribution in [0.15, 0.2) is 34.0 Å². The van der Waals surface area contributed by atoms with Crippen LogP contribution >= 0.6 is 11.8 Å². The van der Waals surface area contributed by atoms with E-state index < -0.39 is 23.7 Å². The van der Waals surface area contributed by atoms with E-state index in [1.54, 1.807) is 30.8 Å². The van der Waals surface area contributed by atoms with Gasteiger partial charge in [0, 0.05) is 28.5 Å². The van der Waals surface area contributed by atoms with Gasteiger partial charge in [-0.25, -0.2) is 9.59 Å². The average Bonchev–Trinajstić information content (AvgIpc) is 2.79. The quantitative estimate of drug-likeness (QED) is 0.148. The highest BCUT2D eigenvalue weighted by molar-refractivity contribution is 7.99. The zero-order valence-corrected chi connectivity index (χ0v) is 20.2. The van der Waals surface area contributed by atoms with Crippen molar-refractivity contribution in [3.05, 3.63) is 46.3 Å². The Morgan fingerprint density at radius 2 is 1.71 bits per heavy atom. The first-order valence-electron chi connectivity index (χ1n) is 10.6. The summed E-state index contributed by atoms with van der Waals surface area (Å²) in [5.41, 5.74) is -0.475. The lowest BCUT2D eigenvalue weighted by Crippen LogP contribution is -2.22. The number of rotatable bonds is 15. The van der Waals surface area contributed by atoms with Crippen molar-refractivity contribution in [3.63, 3.8) is 0 Å². The summed E-state index contributed by atoms with van der Waals surface area (Å²) in [6.45, 7) is 8.30. The molecule has 0 aliphatic heterocycles. The number of ether oxygens (including phenoxy) is 5. The van der Waals surface area contributed by atoms with Gasteiger partial charge in [-0.05, 0) is 31.5 Å². The molecule has 0 spiro atoms. The summed E-state index contributed by atoms with van der Waals surface area (Å²) in [5.74, 6) is 0.335. The highest BCUT2D eigenvalue weighted by Crippen LogP contribution is 2.33. The SMILES string of the molecule is C=CC(=O)OCCOCCSCCOCCOc1cc(C)cc2c(C)c(OC(F)(F)F)c(=O)oc12. The van der Waals surface area contributed by atoms with Gasteiger partial charge >= 0.3 is 18.0 Å². The summed E-state index contributed by atoms with van der Waals surface area (Å²) >= 11 is 1.63. The predicted octanol–water partition coefficient (Wildman–Crippen LogP) is 4.18. The molecule has 1 aromatic carbocycles. The van der Waals surface area contributed by atoms with Gasteiger partial charge in [0.1, 0.15) is 13.2 Å². The van der Waals surface area contributed by atoms with Crippen LogP contribution in [0.5, 0.6) is 11.5 Å². The van der Waals surface area contributed by atoms with Crippen molar-refractivity contribution in [1.82, 2.24) is 0 Å². The lowest BCUT2D eigenvalue weighted by molar-refractivity contribution is -0.275. The minimum Gasteiger partial charge on any atom is -0.487 e. The lowest BCUT2D eigenvalue weighted by atomic mass is 10.1. The van der Waals surface area contributed by atoms with Gasteiger partial charge in [-0.15, -0.1) is 13.2 Å². The first-order valence-corrected chi connectivity index (χ1v) is 11.8. The van der Waals surface area contributed by atoms with Crippen molar-refractivity contribution in [2.24, 2.45) is 0 Å². The van der Waals surface area contributed by atoms with Gasteiger partial charge in [-0.1, -0.05) is 6.58 Å². The average molecular weight is 521 g/mol. The van der Waals surface area contributed by atoms with Crippen LogP contribution in [-0.2, 0) is 19.0 Å². The molecule has 0 saturated carbocycles. The van der Waals surface area contributed by atoms with Crippen LogP contribution < -0.4 is 15.1 Å². The van der Waals surface area contributed by atoms with Gasteiger partial charge in [0.25, 0.3) is 0 Å². The molecule has 0 saturated heterocycles. The molecule has 2 aromatic rings. The maximum Gasteiger partial charge on any atom is 0.573 e. The van der Waals surface area contributed by atoms with E-state index >= 15 is 0 Å². The molecule has 1 heterocycles. The molecular formula is C23H27F3O8S. The molecule has 0 fully saturated rings. The Balaban J connectivity index is 1.74. The van der Waals surface area contributed by atoms with Crippen molar-refractivity contribution >= 4 is 28.7 Å². The molecule has 12 heteroatoms. The Hall–Kier alpha value is -2.70. The summed E-state index contributed by atoms with van der Waals surface area (Å²) < 4.78 is 68.1. The van der Waals surface area contributed by atoms with Crippen LogP contribution in [0.1, 0.15) is 11.1 Å². The lowest BCUT2D eigenvalue weighted by Gasteiger charge is -2.14. The monoisotopic (exact) mass is 520 g/mol. The number of benzene rings is 1. The number of aryl methyl sites for hydroxylation is 2. The van der Waals surface area contributed by atoms with E-state index in [2.05, 4.69) is 11.3 Å². The summed E-state index contributed by atoms with van der Waals surface area (Å²) in [4.78, 5) is 22.9. The summed E-state index contributed by atoms with van der Waals surface area (Å²) in [7, 11) is 0. The molecule has 1 aromatic heterocycles. The van der Waals surface area contributed by atoms with Crippen LogP contribution in [0.25, 0.3) is 11.0 Å². The number of carbonyl (C=O) groups is 1. The number of halogens is 3. The third-order valence-electron chi connectivity index (χ3n) is 4.41. The molecule has 35 heavy (non-hydrogen) atoms. The second-order valence-corrected chi connectivity index (χ2v) is 8.31. The van der Waals surface area contributed by atoms with Crippen LogP contribution in [0.4, 0.5) is 13.2 Å². The minimum atomic E-state index is -5.01. The third kappa shape index (κ3) is 9.82. The Morgan fingerprint density at radius 3 is 2.34 bits per heavy atom. The molecule has 0 unspecified atom stereocenters. The Bertz CT molecular complexity index is 1050. The number of fused-ring (bicyclic) bond motifs is 1. The van der Waals surface area contributed by atoms with Gasteiger partial charge in [-0.2, -0.15) is 11.8 Å². The molecule has 0 atom stereocenters. The smallest absolute Gasteiger partial charge is 0.487 e. The molecule has 0 aliphatic rings. The normalized spacial score (nSPS) is 11.5. The Labute approximate surface area is 204 Å². The van der Waals surface area contributed by atoms with Crippen LogP contribution in [0, 0.1) is 13.8 Å². The van der Waals surface area contributed by atoms with Gasteiger partial charge < -0.3 is 28.1 Å². The van der Waals surface area contributed by atoms with E-state index in [0.717, 1.165) is 17.6 Å². The minimum absolute atomic E-state index is 0.0113. The van der Waals surface area contributed by atoms with Gasteiger partial charge in [0.15, 0.2) is 11.3 Å². The molecule has 0 N–H and O–H groups in total. The molecule has 0 radical (unpaired) electrons. The van der Waals surface area contributed by atoms with Crippen molar-refractivity contribution < 1.29 is 46.1 Å². The van der Waals surface area contributed by atoms with E-state index in [1.165, 1.54) is 6.92 Å². The highest BCUT2D eigenvalue weighted by Gasteiger charge is 2.34. The van der Waals surface area contributed by atoms with E-state index in [9.17, 15) is 22.8 Å². The highest BCUT2D eigenvalue weighted by atomic mass is 32.2. The largest absolute Gasteiger partial charge is 0.573 e. The molecule has 0 aliphatic carbocycles. The van der Waals surface area contributed by atoms with E-state index in [4.69, 9.17) is 23.4 Å². The molecule has 194 valence electrons. The molecule has 2 rings (SSSR count). The number of thioether (sulfide) groups is 1. The number of alkyl halides is 3. The fourth-order valence-corrected chi connectivity index (χ4v) is 3.57. The number of hydrogen-bond donors (Lipinski definition) is 0. The first-order chi connectivity index (χ1) is 16.6. The number of hydrogen-bond acceptors (Lipinski definition) is 9. The zero-order valence-electron chi connectivity index (χ0n) is 19.4. The summed E-state index contributed by atoms with van der Waals surface area (Å²) in [5, 5.41) is 0.289. The number of esters is 1. The van der Waals surface area contributed by atoms with E-state index in [-0.39, 0.29) is 42.1 Å². The molecular weight excluding hydrogens is 493 g/mol.